The van der Waals surface area contributed by atoms with Crippen LogP contribution in [0.15, 0.2) is 0 Å². The fourth-order valence-corrected chi connectivity index (χ4v) is 2.67. The minimum absolute atomic E-state index is 0.367. The van der Waals surface area contributed by atoms with Gasteiger partial charge in [0, 0.05) is 20.0 Å². The molecule has 1 aromatic heterocycles. The van der Waals surface area contributed by atoms with E-state index in [-0.39, 0.29) is 0 Å². The second-order valence-electron chi connectivity index (χ2n) is 5.12. The molecule has 0 radical (unpaired) electrons. The van der Waals surface area contributed by atoms with Crippen molar-refractivity contribution in [3.05, 3.63) is 5.82 Å². The maximum absolute atomic E-state index is 4.31. The zero-order chi connectivity index (χ0) is 11.1. The van der Waals surface area contributed by atoms with Crippen molar-refractivity contribution >= 4 is 5.95 Å². The Balaban J connectivity index is 2.33. The summed E-state index contributed by atoms with van der Waals surface area (Å²) in [4.78, 5) is 0. The lowest BCUT2D eigenvalue weighted by Gasteiger charge is -2.25. The third kappa shape index (κ3) is 1.62. The van der Waals surface area contributed by atoms with E-state index in [2.05, 4.69) is 33.9 Å². The molecule has 84 valence electrons. The zero-order valence-electron chi connectivity index (χ0n) is 10.0. The molecular weight excluding hydrogens is 188 g/mol. The summed E-state index contributed by atoms with van der Waals surface area (Å²) in [6.45, 7) is 4.66. The van der Waals surface area contributed by atoms with Gasteiger partial charge < -0.3 is 9.88 Å². The maximum Gasteiger partial charge on any atom is 0.224 e. The molecule has 1 saturated carbocycles. The molecule has 1 atom stereocenters. The molecular formula is C11H20N4. The highest BCUT2D eigenvalue weighted by Crippen LogP contribution is 2.48. The van der Waals surface area contributed by atoms with Gasteiger partial charge in [-0.1, -0.05) is 20.3 Å². The van der Waals surface area contributed by atoms with E-state index in [1.54, 1.807) is 0 Å². The van der Waals surface area contributed by atoms with Crippen molar-refractivity contribution in [2.75, 3.05) is 12.4 Å². The maximum atomic E-state index is 4.31. The van der Waals surface area contributed by atoms with Gasteiger partial charge in [-0.25, -0.2) is 0 Å². The van der Waals surface area contributed by atoms with Gasteiger partial charge in [0.2, 0.25) is 5.95 Å². The van der Waals surface area contributed by atoms with E-state index in [1.807, 2.05) is 14.1 Å². The molecule has 1 aliphatic carbocycles. The molecule has 1 aromatic rings. The van der Waals surface area contributed by atoms with Crippen LogP contribution in [0.5, 0.6) is 0 Å². The molecule has 4 heteroatoms. The first-order valence-corrected chi connectivity index (χ1v) is 5.63. The van der Waals surface area contributed by atoms with Crippen LogP contribution in [0.25, 0.3) is 0 Å². The van der Waals surface area contributed by atoms with Gasteiger partial charge in [-0.15, -0.1) is 10.2 Å². The van der Waals surface area contributed by atoms with Crippen molar-refractivity contribution in [2.45, 2.75) is 39.0 Å². The monoisotopic (exact) mass is 208 g/mol. The Morgan fingerprint density at radius 1 is 1.40 bits per heavy atom. The molecule has 1 unspecified atom stereocenters. The fourth-order valence-electron chi connectivity index (χ4n) is 2.67. The molecule has 0 amide bonds. The minimum Gasteiger partial charge on any atom is -0.357 e. The molecule has 15 heavy (non-hydrogen) atoms. The van der Waals surface area contributed by atoms with Crippen LogP contribution in [-0.4, -0.2) is 21.8 Å². The molecule has 1 fully saturated rings. The van der Waals surface area contributed by atoms with Crippen LogP contribution in [0.4, 0.5) is 5.95 Å². The van der Waals surface area contributed by atoms with Crippen LogP contribution in [0.1, 0.15) is 44.9 Å². The minimum atomic E-state index is 0.367. The molecule has 2 rings (SSSR count). The molecule has 0 spiro atoms. The average Bonchev–Trinajstić information content (AvgIpc) is 2.69. The van der Waals surface area contributed by atoms with E-state index in [9.17, 15) is 0 Å². The summed E-state index contributed by atoms with van der Waals surface area (Å²) in [6.07, 6.45) is 3.83. The first-order chi connectivity index (χ1) is 7.06. The Labute approximate surface area is 91.1 Å². The number of anilines is 1. The zero-order valence-corrected chi connectivity index (χ0v) is 10.0. The lowest BCUT2D eigenvalue weighted by molar-refractivity contribution is 0.317. The smallest absolute Gasteiger partial charge is 0.224 e. The first kappa shape index (κ1) is 10.5. The van der Waals surface area contributed by atoms with Gasteiger partial charge in [-0.3, -0.25) is 0 Å². The van der Waals surface area contributed by atoms with Gasteiger partial charge in [-0.2, -0.15) is 0 Å². The van der Waals surface area contributed by atoms with Crippen molar-refractivity contribution in [1.82, 2.24) is 14.8 Å². The van der Waals surface area contributed by atoms with Crippen molar-refractivity contribution < 1.29 is 0 Å². The summed E-state index contributed by atoms with van der Waals surface area (Å²) in [5.74, 6) is 2.53. The molecule has 1 aliphatic rings. The third-order valence-electron chi connectivity index (χ3n) is 3.70. The number of hydrogen-bond donors (Lipinski definition) is 1. The Morgan fingerprint density at radius 3 is 2.60 bits per heavy atom. The Bertz CT molecular complexity index is 353. The van der Waals surface area contributed by atoms with E-state index in [1.165, 1.54) is 19.3 Å². The van der Waals surface area contributed by atoms with Crippen molar-refractivity contribution in [1.29, 1.82) is 0 Å². The van der Waals surface area contributed by atoms with E-state index >= 15 is 0 Å². The summed E-state index contributed by atoms with van der Waals surface area (Å²) in [5.41, 5.74) is 0.367. The molecule has 0 bridgehead atoms. The molecule has 1 heterocycles. The highest BCUT2D eigenvalue weighted by atomic mass is 15.3. The van der Waals surface area contributed by atoms with Crippen LogP contribution in [0.2, 0.25) is 0 Å². The summed E-state index contributed by atoms with van der Waals surface area (Å²) in [6, 6.07) is 0. The summed E-state index contributed by atoms with van der Waals surface area (Å²) < 4.78 is 2.08. The Hall–Kier alpha value is -1.06. The van der Waals surface area contributed by atoms with Gasteiger partial charge in [0.05, 0.1) is 0 Å². The van der Waals surface area contributed by atoms with Gasteiger partial charge in [-0.05, 0) is 18.3 Å². The number of nitrogens with zero attached hydrogens (tertiary/aromatic N) is 3. The molecule has 0 saturated heterocycles. The third-order valence-corrected chi connectivity index (χ3v) is 3.70. The molecule has 1 N–H and O–H groups in total. The first-order valence-electron chi connectivity index (χ1n) is 5.63. The lowest BCUT2D eigenvalue weighted by Crippen LogP contribution is -2.19. The van der Waals surface area contributed by atoms with Crippen LogP contribution in [0.3, 0.4) is 0 Å². The van der Waals surface area contributed by atoms with Gasteiger partial charge in [0.15, 0.2) is 0 Å². The lowest BCUT2D eigenvalue weighted by atomic mass is 9.81. The fraction of sp³-hybridized carbons (Fsp3) is 0.818. The van der Waals surface area contributed by atoms with E-state index < -0.39 is 0 Å². The summed E-state index contributed by atoms with van der Waals surface area (Å²) in [7, 11) is 3.92. The van der Waals surface area contributed by atoms with Crippen LogP contribution >= 0.6 is 0 Å². The number of rotatable bonds is 2. The largest absolute Gasteiger partial charge is 0.357 e. The molecule has 4 nitrogen and oxygen atoms in total. The normalized spacial score (nSPS) is 24.4. The second kappa shape index (κ2) is 3.51. The van der Waals surface area contributed by atoms with Crippen LogP contribution < -0.4 is 5.32 Å². The topological polar surface area (TPSA) is 42.7 Å². The van der Waals surface area contributed by atoms with Gasteiger partial charge in [0.25, 0.3) is 0 Å². The highest BCUT2D eigenvalue weighted by molar-refractivity contribution is 5.25. The summed E-state index contributed by atoms with van der Waals surface area (Å²) >= 11 is 0. The van der Waals surface area contributed by atoms with Gasteiger partial charge in [0.1, 0.15) is 5.82 Å². The van der Waals surface area contributed by atoms with Crippen molar-refractivity contribution in [3.8, 4) is 0 Å². The molecule has 0 aromatic carbocycles. The van der Waals surface area contributed by atoms with Crippen molar-refractivity contribution in [3.63, 3.8) is 0 Å². The average molecular weight is 208 g/mol. The number of aromatic nitrogens is 3. The Morgan fingerprint density at radius 2 is 2.13 bits per heavy atom. The van der Waals surface area contributed by atoms with E-state index in [0.717, 1.165) is 11.8 Å². The highest BCUT2D eigenvalue weighted by Gasteiger charge is 2.38. The summed E-state index contributed by atoms with van der Waals surface area (Å²) in [5, 5.41) is 11.5. The molecule has 0 aliphatic heterocycles. The van der Waals surface area contributed by atoms with E-state index in [0.29, 0.717) is 11.3 Å². The van der Waals surface area contributed by atoms with E-state index in [4.69, 9.17) is 0 Å². The van der Waals surface area contributed by atoms with Crippen LogP contribution in [0, 0.1) is 5.41 Å². The van der Waals surface area contributed by atoms with Gasteiger partial charge >= 0.3 is 0 Å². The number of nitrogens with one attached hydrogen (secondary N) is 1. The van der Waals surface area contributed by atoms with Crippen LogP contribution in [-0.2, 0) is 7.05 Å². The van der Waals surface area contributed by atoms with Crippen molar-refractivity contribution in [2.24, 2.45) is 12.5 Å². The standard InChI is InChI=1S/C11H20N4/c1-11(2)7-5-6-8(11)9-13-14-10(12-3)15(9)4/h8H,5-7H2,1-4H3,(H,12,14). The predicted molar refractivity (Wildman–Crippen MR) is 60.9 cm³/mol. The predicted octanol–water partition coefficient (Wildman–Crippen LogP) is 2.15. The number of hydrogen-bond acceptors (Lipinski definition) is 3. The SMILES string of the molecule is CNc1nnc(C2CCCC2(C)C)n1C. The second-order valence-corrected chi connectivity index (χ2v) is 5.12. The quantitative estimate of drug-likeness (QED) is 0.809. The Kier molecular flexibility index (Phi) is 2.44.